The Morgan fingerprint density at radius 3 is 2.32 bits per heavy atom. The van der Waals surface area contributed by atoms with E-state index in [4.69, 9.17) is 35.4 Å². The molecule has 0 saturated carbocycles. The van der Waals surface area contributed by atoms with Gasteiger partial charge in [-0.1, -0.05) is 40.4 Å². The van der Waals surface area contributed by atoms with Crippen LogP contribution in [0.25, 0.3) is 0 Å². The zero-order valence-electron chi connectivity index (χ0n) is 12.0. The summed E-state index contributed by atoms with van der Waals surface area (Å²) in [5, 5.41) is 6.64. The Kier molecular flexibility index (Phi) is 5.40. The van der Waals surface area contributed by atoms with E-state index in [1.807, 2.05) is 19.9 Å². The third-order valence-corrected chi connectivity index (χ3v) is 3.66. The highest BCUT2D eigenvalue weighted by Crippen LogP contribution is 2.25. The lowest BCUT2D eigenvalue weighted by Gasteiger charge is -2.12. The maximum atomic E-state index is 12.2. The van der Waals surface area contributed by atoms with Gasteiger partial charge in [0.25, 0.3) is 5.91 Å². The smallest absolute Gasteiger partial charge is 0.257 e. The number of thiocarbonyl (C=S) groups is 1. The number of halogens is 2. The van der Waals surface area contributed by atoms with E-state index < -0.39 is 0 Å². The molecule has 0 bridgehead atoms. The molecule has 0 heterocycles. The van der Waals surface area contributed by atoms with Crippen LogP contribution in [0.5, 0.6) is 0 Å². The first-order valence-electron chi connectivity index (χ1n) is 6.51. The second-order valence-electron chi connectivity index (χ2n) is 4.91. The number of anilines is 1. The number of hydrogen-bond donors (Lipinski definition) is 2. The summed E-state index contributed by atoms with van der Waals surface area (Å²) in [6.45, 7) is 3.87. The van der Waals surface area contributed by atoms with Crippen molar-refractivity contribution in [1.29, 1.82) is 0 Å². The van der Waals surface area contributed by atoms with E-state index in [1.54, 1.807) is 30.3 Å². The van der Waals surface area contributed by atoms with Crippen molar-refractivity contribution in [3.63, 3.8) is 0 Å². The van der Waals surface area contributed by atoms with Crippen molar-refractivity contribution in [3.05, 3.63) is 63.1 Å². The van der Waals surface area contributed by atoms with E-state index in [9.17, 15) is 4.79 Å². The molecule has 2 aromatic rings. The summed E-state index contributed by atoms with van der Waals surface area (Å²) in [7, 11) is 0. The molecule has 0 spiro atoms. The molecule has 0 fully saturated rings. The molecule has 0 atom stereocenters. The average molecular weight is 353 g/mol. The monoisotopic (exact) mass is 352 g/mol. The van der Waals surface area contributed by atoms with E-state index >= 15 is 0 Å². The van der Waals surface area contributed by atoms with Gasteiger partial charge in [-0.05, 0) is 56.4 Å². The van der Waals surface area contributed by atoms with E-state index in [0.29, 0.717) is 21.3 Å². The number of hydrogen-bond acceptors (Lipinski definition) is 2. The fourth-order valence-corrected chi connectivity index (χ4v) is 2.57. The fourth-order valence-electron chi connectivity index (χ4n) is 2.03. The van der Waals surface area contributed by atoms with Gasteiger partial charge in [0.05, 0.1) is 10.7 Å². The fraction of sp³-hybridized carbons (Fsp3) is 0.125. The summed E-state index contributed by atoms with van der Waals surface area (Å²) in [5.74, 6) is -0.276. The van der Waals surface area contributed by atoms with Gasteiger partial charge in [0, 0.05) is 10.6 Å². The minimum atomic E-state index is -0.276. The zero-order valence-corrected chi connectivity index (χ0v) is 14.4. The second kappa shape index (κ2) is 7.09. The number of aryl methyl sites for hydroxylation is 2. The predicted molar refractivity (Wildman–Crippen MR) is 96.1 cm³/mol. The molecule has 1 amide bonds. The van der Waals surface area contributed by atoms with Gasteiger partial charge in [-0.2, -0.15) is 0 Å². The maximum absolute atomic E-state index is 12.2. The van der Waals surface area contributed by atoms with E-state index in [2.05, 4.69) is 10.6 Å². The van der Waals surface area contributed by atoms with Crippen molar-refractivity contribution in [3.8, 4) is 0 Å². The molecule has 0 aliphatic rings. The van der Waals surface area contributed by atoms with Gasteiger partial charge in [0.2, 0.25) is 0 Å². The minimum Gasteiger partial charge on any atom is -0.331 e. The number of nitrogens with one attached hydrogen (secondary N) is 2. The largest absolute Gasteiger partial charge is 0.331 e. The lowest BCUT2D eigenvalue weighted by molar-refractivity contribution is 0.0977. The average Bonchev–Trinajstić information content (AvgIpc) is 2.41. The van der Waals surface area contributed by atoms with Gasteiger partial charge in [-0.3, -0.25) is 10.1 Å². The molecule has 6 heteroatoms. The number of benzene rings is 2. The molecule has 0 aliphatic heterocycles. The van der Waals surface area contributed by atoms with Crippen LogP contribution in [0.2, 0.25) is 10.0 Å². The van der Waals surface area contributed by atoms with Gasteiger partial charge in [-0.15, -0.1) is 0 Å². The first kappa shape index (κ1) is 16.7. The summed E-state index contributed by atoms with van der Waals surface area (Å²) < 4.78 is 0. The molecular weight excluding hydrogens is 339 g/mol. The van der Waals surface area contributed by atoms with Crippen molar-refractivity contribution in [1.82, 2.24) is 5.32 Å². The maximum Gasteiger partial charge on any atom is 0.257 e. The van der Waals surface area contributed by atoms with Crippen LogP contribution < -0.4 is 10.6 Å². The van der Waals surface area contributed by atoms with Crippen LogP contribution >= 0.6 is 35.4 Å². The highest BCUT2D eigenvalue weighted by Gasteiger charge is 2.10. The van der Waals surface area contributed by atoms with Crippen molar-refractivity contribution in [2.75, 3.05) is 5.32 Å². The van der Waals surface area contributed by atoms with Crippen LogP contribution in [0.4, 0.5) is 5.69 Å². The van der Waals surface area contributed by atoms with Crippen molar-refractivity contribution < 1.29 is 4.79 Å². The Hall–Kier alpha value is -1.62. The molecule has 0 saturated heterocycles. The highest BCUT2D eigenvalue weighted by molar-refractivity contribution is 7.80. The molecular formula is C16H14Cl2N2OS. The summed E-state index contributed by atoms with van der Waals surface area (Å²) in [5.41, 5.74) is 3.13. The molecule has 2 aromatic carbocycles. The predicted octanol–water partition coefficient (Wildman–Crippen LogP) is 4.74. The highest BCUT2D eigenvalue weighted by atomic mass is 35.5. The first-order valence-corrected chi connectivity index (χ1v) is 7.67. The van der Waals surface area contributed by atoms with Crippen LogP contribution in [-0.4, -0.2) is 11.0 Å². The first-order chi connectivity index (χ1) is 10.3. The van der Waals surface area contributed by atoms with Gasteiger partial charge in [-0.25, -0.2) is 0 Å². The summed E-state index contributed by atoms with van der Waals surface area (Å²) in [6, 6.07) is 10.6. The van der Waals surface area contributed by atoms with E-state index in [1.165, 1.54) is 0 Å². The summed E-state index contributed by atoms with van der Waals surface area (Å²) >= 11 is 17.1. The summed E-state index contributed by atoms with van der Waals surface area (Å²) in [4.78, 5) is 12.2. The third kappa shape index (κ3) is 4.44. The van der Waals surface area contributed by atoms with Crippen LogP contribution in [0.3, 0.4) is 0 Å². The SMILES string of the molecule is Cc1cc(C)cc(C(=O)NC(=S)Nc2cc(Cl)ccc2Cl)c1. The standard InChI is InChI=1S/C16H14Cl2N2OS/c1-9-5-10(2)7-11(6-9)15(21)20-16(22)19-14-8-12(17)3-4-13(14)18/h3-8H,1-2H3,(H2,19,20,21,22). The molecule has 0 radical (unpaired) electrons. The molecule has 0 aromatic heterocycles. The van der Waals surface area contributed by atoms with E-state index in [0.717, 1.165) is 11.1 Å². The van der Waals surface area contributed by atoms with Gasteiger partial charge >= 0.3 is 0 Å². The van der Waals surface area contributed by atoms with Gasteiger partial charge < -0.3 is 5.32 Å². The van der Waals surface area contributed by atoms with Crippen molar-refractivity contribution in [2.45, 2.75) is 13.8 Å². The van der Waals surface area contributed by atoms with Crippen molar-refractivity contribution in [2.24, 2.45) is 0 Å². The number of rotatable bonds is 2. The number of carbonyl (C=O) groups is 1. The Morgan fingerprint density at radius 1 is 1.05 bits per heavy atom. The lowest BCUT2D eigenvalue weighted by Crippen LogP contribution is -2.34. The Bertz CT molecular complexity index is 727. The molecule has 2 N–H and O–H groups in total. The van der Waals surface area contributed by atoms with Crippen LogP contribution in [0.15, 0.2) is 36.4 Å². The second-order valence-corrected chi connectivity index (χ2v) is 6.16. The summed E-state index contributed by atoms with van der Waals surface area (Å²) in [6.07, 6.45) is 0. The normalized spacial score (nSPS) is 10.2. The lowest BCUT2D eigenvalue weighted by atomic mass is 10.1. The molecule has 22 heavy (non-hydrogen) atoms. The van der Waals surface area contributed by atoms with Gasteiger partial charge in [0.15, 0.2) is 5.11 Å². The van der Waals surface area contributed by atoms with E-state index in [-0.39, 0.29) is 11.0 Å². The third-order valence-electron chi connectivity index (χ3n) is 2.89. The minimum absolute atomic E-state index is 0.160. The quantitative estimate of drug-likeness (QED) is 0.767. The molecule has 114 valence electrons. The van der Waals surface area contributed by atoms with Crippen LogP contribution in [0, 0.1) is 13.8 Å². The zero-order chi connectivity index (χ0) is 16.3. The van der Waals surface area contributed by atoms with Gasteiger partial charge in [0.1, 0.15) is 0 Å². The molecule has 0 aliphatic carbocycles. The van der Waals surface area contributed by atoms with Crippen LogP contribution in [-0.2, 0) is 0 Å². The van der Waals surface area contributed by atoms with Crippen LogP contribution in [0.1, 0.15) is 21.5 Å². The van der Waals surface area contributed by atoms with Crippen molar-refractivity contribution >= 4 is 52.1 Å². The molecule has 3 nitrogen and oxygen atoms in total. The Morgan fingerprint density at radius 2 is 1.68 bits per heavy atom. The number of carbonyl (C=O) groups excluding carboxylic acids is 1. The molecule has 0 unspecified atom stereocenters. The molecule has 2 rings (SSSR count). The number of amides is 1. The Labute approximate surface area is 144 Å². The topological polar surface area (TPSA) is 41.1 Å². The Balaban J connectivity index is 2.08.